The molecule has 0 saturated carbocycles. The van der Waals surface area contributed by atoms with Gasteiger partial charge in [0, 0.05) is 30.4 Å². The van der Waals surface area contributed by atoms with Crippen LogP contribution in [0.1, 0.15) is 26.3 Å². The summed E-state index contributed by atoms with van der Waals surface area (Å²) in [7, 11) is 0. The number of pyridine rings is 1. The molecule has 0 aliphatic carbocycles. The van der Waals surface area contributed by atoms with Gasteiger partial charge >= 0.3 is 0 Å². The summed E-state index contributed by atoms with van der Waals surface area (Å²) < 4.78 is 0. The molecule has 1 unspecified atom stereocenters. The summed E-state index contributed by atoms with van der Waals surface area (Å²) in [6.07, 6.45) is 3.70. The van der Waals surface area contributed by atoms with Gasteiger partial charge < -0.3 is 10.6 Å². The third-order valence-corrected chi connectivity index (χ3v) is 3.17. The molecule has 1 atom stereocenters. The number of nitrogens with one attached hydrogen (secondary N) is 2. The van der Waals surface area contributed by atoms with Crippen LogP contribution in [0.15, 0.2) is 36.7 Å². The summed E-state index contributed by atoms with van der Waals surface area (Å²) >= 11 is 0. The molecule has 0 aliphatic heterocycles. The van der Waals surface area contributed by atoms with Gasteiger partial charge in [0.1, 0.15) is 0 Å². The van der Waals surface area contributed by atoms with Gasteiger partial charge in [0.15, 0.2) is 0 Å². The summed E-state index contributed by atoms with van der Waals surface area (Å²) in [6, 6.07) is 8.07. The summed E-state index contributed by atoms with van der Waals surface area (Å²) in [5, 5.41) is 8.43. The maximum atomic E-state index is 11.8. The predicted octanol–water partition coefficient (Wildman–Crippen LogP) is 2.24. The zero-order valence-corrected chi connectivity index (χ0v) is 12.2. The summed E-state index contributed by atoms with van der Waals surface area (Å²) in [5.74, 6) is 0.0215. The molecule has 4 heteroatoms. The van der Waals surface area contributed by atoms with Gasteiger partial charge in [-0.1, -0.05) is 24.3 Å². The number of nitrogens with zero attached hydrogens (tertiary/aromatic N) is 1. The number of carbonyl (C=O) groups excluding carboxylic acids is 1. The van der Waals surface area contributed by atoms with Crippen LogP contribution in [0.5, 0.6) is 0 Å². The van der Waals surface area contributed by atoms with Crippen molar-refractivity contribution in [3.63, 3.8) is 0 Å². The van der Waals surface area contributed by atoms with Gasteiger partial charge in [-0.05, 0) is 31.7 Å². The maximum absolute atomic E-state index is 11.8. The third kappa shape index (κ3) is 3.54. The van der Waals surface area contributed by atoms with E-state index in [-0.39, 0.29) is 18.0 Å². The van der Waals surface area contributed by atoms with Crippen LogP contribution in [-0.2, 0) is 11.3 Å². The monoisotopic (exact) mass is 271 g/mol. The molecule has 1 amide bonds. The molecule has 2 aromatic rings. The Hall–Kier alpha value is -1.94. The molecular weight excluding hydrogens is 250 g/mol. The predicted molar refractivity (Wildman–Crippen MR) is 81.3 cm³/mol. The van der Waals surface area contributed by atoms with Gasteiger partial charge in [0.25, 0.3) is 0 Å². The number of hydrogen-bond acceptors (Lipinski definition) is 3. The smallest absolute Gasteiger partial charge is 0.237 e. The number of fused-ring (bicyclic) bond motifs is 1. The Bertz CT molecular complexity index is 590. The molecule has 0 bridgehead atoms. The lowest BCUT2D eigenvalue weighted by atomic mass is 10.1. The average molecular weight is 271 g/mol. The van der Waals surface area contributed by atoms with Crippen molar-refractivity contribution in [2.45, 2.75) is 39.4 Å². The van der Waals surface area contributed by atoms with Crippen LogP contribution in [0, 0.1) is 0 Å². The van der Waals surface area contributed by atoms with Gasteiger partial charge in [-0.3, -0.25) is 9.78 Å². The lowest BCUT2D eigenvalue weighted by Gasteiger charge is -2.16. The van der Waals surface area contributed by atoms with E-state index in [0.717, 1.165) is 10.9 Å². The topological polar surface area (TPSA) is 54.0 Å². The maximum Gasteiger partial charge on any atom is 0.237 e. The van der Waals surface area contributed by atoms with Gasteiger partial charge in [-0.25, -0.2) is 0 Å². The number of aromatic nitrogens is 1. The molecule has 0 spiro atoms. The Labute approximate surface area is 119 Å². The van der Waals surface area contributed by atoms with Crippen molar-refractivity contribution in [3.8, 4) is 0 Å². The quantitative estimate of drug-likeness (QED) is 0.877. The van der Waals surface area contributed by atoms with E-state index < -0.39 is 0 Å². The normalized spacial score (nSPS) is 12.6. The Morgan fingerprint density at radius 2 is 1.95 bits per heavy atom. The Morgan fingerprint density at radius 3 is 2.70 bits per heavy atom. The SMILES string of the molecule is CC(C)NC(=O)C(C)NCc1cncc2ccccc12. The highest BCUT2D eigenvalue weighted by molar-refractivity contribution is 5.85. The molecule has 2 rings (SSSR count). The second kappa shape index (κ2) is 6.48. The van der Waals surface area contributed by atoms with Gasteiger partial charge in [-0.15, -0.1) is 0 Å². The van der Waals surface area contributed by atoms with Crippen molar-refractivity contribution >= 4 is 16.7 Å². The standard InChI is InChI=1S/C16H21N3O/c1-11(2)19-16(20)12(3)18-10-14-9-17-8-13-6-4-5-7-15(13)14/h4-9,11-12,18H,10H2,1-3H3,(H,19,20). The molecular formula is C16H21N3O. The Kier molecular flexibility index (Phi) is 4.69. The molecule has 0 fully saturated rings. The lowest BCUT2D eigenvalue weighted by molar-refractivity contribution is -0.123. The molecule has 1 aromatic carbocycles. The fourth-order valence-corrected chi connectivity index (χ4v) is 2.09. The fraction of sp³-hybridized carbons (Fsp3) is 0.375. The minimum atomic E-state index is -0.226. The second-order valence-corrected chi connectivity index (χ2v) is 5.29. The fourth-order valence-electron chi connectivity index (χ4n) is 2.09. The molecule has 1 heterocycles. The summed E-state index contributed by atoms with van der Waals surface area (Å²) in [4.78, 5) is 16.1. The zero-order chi connectivity index (χ0) is 14.5. The van der Waals surface area contributed by atoms with Crippen molar-refractivity contribution in [3.05, 3.63) is 42.2 Å². The van der Waals surface area contributed by atoms with E-state index in [2.05, 4.69) is 21.7 Å². The molecule has 0 saturated heterocycles. The molecule has 2 N–H and O–H groups in total. The van der Waals surface area contributed by atoms with E-state index in [0.29, 0.717) is 6.54 Å². The minimum absolute atomic E-state index is 0.0215. The van der Waals surface area contributed by atoms with Crippen molar-refractivity contribution in [1.82, 2.24) is 15.6 Å². The van der Waals surface area contributed by atoms with Crippen LogP contribution in [0.3, 0.4) is 0 Å². The van der Waals surface area contributed by atoms with Crippen LogP contribution < -0.4 is 10.6 Å². The minimum Gasteiger partial charge on any atom is -0.353 e. The molecule has 4 nitrogen and oxygen atoms in total. The molecule has 1 aromatic heterocycles. The van der Waals surface area contributed by atoms with Crippen molar-refractivity contribution < 1.29 is 4.79 Å². The first kappa shape index (κ1) is 14.5. The Morgan fingerprint density at radius 1 is 1.20 bits per heavy atom. The summed E-state index contributed by atoms with van der Waals surface area (Å²) in [5.41, 5.74) is 1.10. The largest absolute Gasteiger partial charge is 0.353 e. The first-order chi connectivity index (χ1) is 9.58. The number of benzene rings is 1. The molecule has 0 aliphatic rings. The third-order valence-electron chi connectivity index (χ3n) is 3.17. The highest BCUT2D eigenvalue weighted by Gasteiger charge is 2.13. The van der Waals surface area contributed by atoms with Crippen LogP contribution in [0.2, 0.25) is 0 Å². The van der Waals surface area contributed by atoms with E-state index in [4.69, 9.17) is 0 Å². The number of carbonyl (C=O) groups is 1. The van der Waals surface area contributed by atoms with E-state index in [1.807, 2.05) is 51.4 Å². The zero-order valence-electron chi connectivity index (χ0n) is 12.2. The van der Waals surface area contributed by atoms with Crippen LogP contribution in [0.25, 0.3) is 10.8 Å². The highest BCUT2D eigenvalue weighted by Crippen LogP contribution is 2.16. The van der Waals surface area contributed by atoms with E-state index >= 15 is 0 Å². The number of rotatable bonds is 5. The van der Waals surface area contributed by atoms with Gasteiger partial charge in [-0.2, -0.15) is 0 Å². The van der Waals surface area contributed by atoms with Crippen molar-refractivity contribution in [2.24, 2.45) is 0 Å². The van der Waals surface area contributed by atoms with Gasteiger partial charge in [0.2, 0.25) is 5.91 Å². The van der Waals surface area contributed by atoms with Crippen molar-refractivity contribution in [2.75, 3.05) is 0 Å². The number of amides is 1. The number of hydrogen-bond donors (Lipinski definition) is 2. The first-order valence-electron chi connectivity index (χ1n) is 6.93. The lowest BCUT2D eigenvalue weighted by Crippen LogP contribution is -2.44. The van der Waals surface area contributed by atoms with Crippen LogP contribution in [0.4, 0.5) is 0 Å². The van der Waals surface area contributed by atoms with E-state index in [1.165, 1.54) is 5.39 Å². The van der Waals surface area contributed by atoms with Crippen LogP contribution in [-0.4, -0.2) is 23.0 Å². The van der Waals surface area contributed by atoms with E-state index in [1.54, 1.807) is 0 Å². The molecule has 0 radical (unpaired) electrons. The first-order valence-corrected chi connectivity index (χ1v) is 6.93. The molecule has 20 heavy (non-hydrogen) atoms. The molecule has 106 valence electrons. The highest BCUT2D eigenvalue weighted by atomic mass is 16.2. The van der Waals surface area contributed by atoms with E-state index in [9.17, 15) is 4.79 Å². The Balaban J connectivity index is 2.04. The average Bonchev–Trinajstić information content (AvgIpc) is 2.44. The van der Waals surface area contributed by atoms with Crippen molar-refractivity contribution in [1.29, 1.82) is 0 Å². The van der Waals surface area contributed by atoms with Gasteiger partial charge in [0.05, 0.1) is 6.04 Å². The second-order valence-electron chi connectivity index (χ2n) is 5.29. The van der Waals surface area contributed by atoms with Crippen LogP contribution >= 0.6 is 0 Å². The summed E-state index contributed by atoms with van der Waals surface area (Å²) in [6.45, 7) is 6.41.